The molecule has 0 saturated carbocycles. The molecule has 2 rings (SSSR count). The van der Waals surface area contributed by atoms with E-state index in [2.05, 4.69) is 17.1 Å². The maximum absolute atomic E-state index is 12.6. The van der Waals surface area contributed by atoms with Crippen molar-refractivity contribution < 1.29 is 19.0 Å². The molecule has 1 aliphatic rings. The lowest BCUT2D eigenvalue weighted by atomic mass is 9.97. The van der Waals surface area contributed by atoms with Crippen LogP contribution < -0.4 is 10.1 Å². The second-order valence-electron chi connectivity index (χ2n) is 7.53. The Labute approximate surface area is 169 Å². The highest BCUT2D eigenvalue weighted by molar-refractivity contribution is 5.97. The molecule has 1 aromatic rings. The summed E-state index contributed by atoms with van der Waals surface area (Å²) in [5.41, 5.74) is -0.0476. The Morgan fingerprint density at radius 2 is 1.89 bits per heavy atom. The highest BCUT2D eigenvalue weighted by Gasteiger charge is 2.32. The predicted molar refractivity (Wildman–Crippen MR) is 112 cm³/mol. The topological polar surface area (TPSA) is 60.0 Å². The first-order valence-corrected chi connectivity index (χ1v) is 10.5. The van der Waals surface area contributed by atoms with Crippen LogP contribution in [-0.2, 0) is 14.3 Å². The number of unbranched alkanes of at least 4 members (excludes halogenated alkanes) is 2. The lowest BCUT2D eigenvalue weighted by molar-refractivity contribution is -0.136. The number of methoxy groups -OCH3 is 1. The van der Waals surface area contributed by atoms with E-state index in [1.54, 1.807) is 7.11 Å². The molecule has 0 unspecified atom stereocenters. The maximum atomic E-state index is 12.6. The van der Waals surface area contributed by atoms with Gasteiger partial charge < -0.3 is 19.5 Å². The number of anilines is 1. The normalized spacial score (nSPS) is 17.1. The van der Waals surface area contributed by atoms with Crippen LogP contribution in [0.3, 0.4) is 0 Å². The Morgan fingerprint density at radius 3 is 2.54 bits per heavy atom. The minimum Gasteiger partial charge on any atom is -0.494 e. The fraction of sp³-hybridized carbons (Fsp3) is 0.682. The molecule has 0 aromatic heterocycles. The van der Waals surface area contributed by atoms with Crippen molar-refractivity contribution in [1.29, 1.82) is 0 Å². The minimum atomic E-state index is -0.802. The number of benzene rings is 1. The predicted octanol–water partition coefficient (Wildman–Crippen LogP) is 3.71. The largest absolute Gasteiger partial charge is 0.494 e. The van der Waals surface area contributed by atoms with E-state index in [1.165, 1.54) is 0 Å². The first-order chi connectivity index (χ1) is 13.6. The smallest absolute Gasteiger partial charge is 0.256 e. The lowest BCUT2D eigenvalue weighted by Gasteiger charge is -2.27. The molecule has 1 N–H and O–H groups in total. The SMILES string of the molecule is CCCCC[C@@](C)(OC)C(=O)Nc1ccc(OCCCN2CCOCC2)cc1. The monoisotopic (exact) mass is 392 g/mol. The van der Waals surface area contributed by atoms with Crippen molar-refractivity contribution in [2.75, 3.05) is 51.9 Å². The zero-order valence-electron chi connectivity index (χ0n) is 17.7. The molecule has 1 heterocycles. The van der Waals surface area contributed by atoms with Gasteiger partial charge >= 0.3 is 0 Å². The molecule has 0 bridgehead atoms. The van der Waals surface area contributed by atoms with Crippen molar-refractivity contribution >= 4 is 11.6 Å². The lowest BCUT2D eigenvalue weighted by Crippen LogP contribution is -2.41. The fourth-order valence-electron chi connectivity index (χ4n) is 3.22. The zero-order valence-corrected chi connectivity index (χ0v) is 17.7. The Kier molecular flexibility index (Phi) is 9.75. The second-order valence-corrected chi connectivity index (χ2v) is 7.53. The Balaban J connectivity index is 1.74. The summed E-state index contributed by atoms with van der Waals surface area (Å²) < 4.78 is 16.7. The first-order valence-electron chi connectivity index (χ1n) is 10.5. The number of hydrogen-bond acceptors (Lipinski definition) is 5. The molecule has 1 fully saturated rings. The van der Waals surface area contributed by atoms with Crippen LogP contribution in [-0.4, -0.2) is 63.0 Å². The van der Waals surface area contributed by atoms with E-state index in [-0.39, 0.29) is 5.91 Å². The van der Waals surface area contributed by atoms with Gasteiger partial charge in [0.1, 0.15) is 11.4 Å². The van der Waals surface area contributed by atoms with Crippen molar-refractivity contribution in [2.24, 2.45) is 0 Å². The van der Waals surface area contributed by atoms with Crippen LogP contribution in [0.15, 0.2) is 24.3 Å². The molecule has 6 heteroatoms. The molecule has 0 radical (unpaired) electrons. The number of ether oxygens (including phenoxy) is 3. The van der Waals surface area contributed by atoms with E-state index < -0.39 is 5.60 Å². The molecule has 1 atom stereocenters. The molecule has 6 nitrogen and oxygen atoms in total. The van der Waals surface area contributed by atoms with Crippen LogP contribution in [0.2, 0.25) is 0 Å². The molecular formula is C22H36N2O4. The van der Waals surface area contributed by atoms with E-state index in [9.17, 15) is 4.79 Å². The molecule has 1 aromatic carbocycles. The van der Waals surface area contributed by atoms with Crippen LogP contribution in [0.5, 0.6) is 5.75 Å². The average Bonchev–Trinajstić information content (AvgIpc) is 2.73. The van der Waals surface area contributed by atoms with Crippen LogP contribution >= 0.6 is 0 Å². The van der Waals surface area contributed by atoms with Gasteiger partial charge in [0, 0.05) is 32.4 Å². The van der Waals surface area contributed by atoms with Gasteiger partial charge in [0.05, 0.1) is 19.8 Å². The third kappa shape index (κ3) is 7.41. The van der Waals surface area contributed by atoms with Gasteiger partial charge in [-0.2, -0.15) is 0 Å². The summed E-state index contributed by atoms with van der Waals surface area (Å²) in [6.07, 6.45) is 4.90. The van der Waals surface area contributed by atoms with Gasteiger partial charge in [-0.15, -0.1) is 0 Å². The number of nitrogens with zero attached hydrogens (tertiary/aromatic N) is 1. The highest BCUT2D eigenvalue weighted by Crippen LogP contribution is 2.22. The summed E-state index contributed by atoms with van der Waals surface area (Å²) in [6, 6.07) is 7.53. The van der Waals surface area contributed by atoms with Gasteiger partial charge in [-0.1, -0.05) is 26.2 Å². The molecule has 1 amide bonds. The third-order valence-corrected chi connectivity index (χ3v) is 5.29. The maximum Gasteiger partial charge on any atom is 0.256 e. The Hall–Kier alpha value is -1.63. The summed E-state index contributed by atoms with van der Waals surface area (Å²) in [7, 11) is 1.60. The zero-order chi connectivity index (χ0) is 20.2. The van der Waals surface area contributed by atoms with E-state index in [4.69, 9.17) is 14.2 Å². The van der Waals surface area contributed by atoms with Gasteiger partial charge in [-0.3, -0.25) is 9.69 Å². The minimum absolute atomic E-state index is 0.106. The van der Waals surface area contributed by atoms with Crippen LogP contribution in [0.1, 0.15) is 46.0 Å². The van der Waals surface area contributed by atoms with Crippen molar-refractivity contribution in [2.45, 2.75) is 51.6 Å². The average molecular weight is 393 g/mol. The summed E-state index contributed by atoms with van der Waals surface area (Å²) in [4.78, 5) is 15.0. The van der Waals surface area contributed by atoms with E-state index in [0.717, 1.165) is 70.0 Å². The van der Waals surface area contributed by atoms with Gasteiger partial charge in [-0.25, -0.2) is 0 Å². The summed E-state index contributed by atoms with van der Waals surface area (Å²) in [5, 5.41) is 2.96. The molecule has 0 aliphatic carbocycles. The molecule has 0 spiro atoms. The Bertz CT molecular complexity index is 572. The van der Waals surface area contributed by atoms with Crippen molar-refractivity contribution in [3.05, 3.63) is 24.3 Å². The fourth-order valence-corrected chi connectivity index (χ4v) is 3.22. The van der Waals surface area contributed by atoms with E-state index in [1.807, 2.05) is 31.2 Å². The summed E-state index contributed by atoms with van der Waals surface area (Å²) >= 11 is 0. The molecular weight excluding hydrogens is 356 g/mol. The molecule has 1 saturated heterocycles. The second kappa shape index (κ2) is 12.0. The van der Waals surface area contributed by atoms with E-state index >= 15 is 0 Å². The quantitative estimate of drug-likeness (QED) is 0.550. The van der Waals surface area contributed by atoms with E-state index in [0.29, 0.717) is 13.0 Å². The standard InChI is InChI=1S/C22H36N2O4/c1-4-5-6-12-22(2,26-3)21(25)23-19-8-10-20(11-9-19)28-16-7-13-24-14-17-27-18-15-24/h8-11H,4-7,12-18H2,1-3H3,(H,23,25)/t22-/m1/s1. The summed E-state index contributed by atoms with van der Waals surface area (Å²) in [5.74, 6) is 0.711. The van der Waals surface area contributed by atoms with Gasteiger partial charge in [0.2, 0.25) is 0 Å². The van der Waals surface area contributed by atoms with Crippen LogP contribution in [0, 0.1) is 0 Å². The summed E-state index contributed by atoms with van der Waals surface area (Å²) in [6.45, 7) is 9.39. The molecule has 158 valence electrons. The van der Waals surface area contributed by atoms with Crippen molar-refractivity contribution in [3.63, 3.8) is 0 Å². The Morgan fingerprint density at radius 1 is 1.18 bits per heavy atom. The van der Waals surface area contributed by atoms with Gasteiger partial charge in [-0.05, 0) is 44.0 Å². The highest BCUT2D eigenvalue weighted by atomic mass is 16.5. The molecule has 1 aliphatic heterocycles. The van der Waals surface area contributed by atoms with Gasteiger partial charge in [0.15, 0.2) is 0 Å². The number of nitrogens with one attached hydrogen (secondary N) is 1. The first kappa shape index (κ1) is 22.7. The number of morpholine rings is 1. The third-order valence-electron chi connectivity index (χ3n) is 5.29. The van der Waals surface area contributed by atoms with Gasteiger partial charge in [0.25, 0.3) is 5.91 Å². The van der Waals surface area contributed by atoms with Crippen LogP contribution in [0.4, 0.5) is 5.69 Å². The van der Waals surface area contributed by atoms with Crippen LogP contribution in [0.25, 0.3) is 0 Å². The number of amides is 1. The van der Waals surface area contributed by atoms with Crippen molar-refractivity contribution in [1.82, 2.24) is 4.90 Å². The number of hydrogen-bond donors (Lipinski definition) is 1. The number of carbonyl (C=O) groups is 1. The number of rotatable bonds is 12. The number of carbonyl (C=O) groups excluding carboxylic acids is 1. The van der Waals surface area contributed by atoms with Crippen molar-refractivity contribution in [3.8, 4) is 5.75 Å². The molecule has 28 heavy (non-hydrogen) atoms.